The summed E-state index contributed by atoms with van der Waals surface area (Å²) in [6.07, 6.45) is -1.01. The summed E-state index contributed by atoms with van der Waals surface area (Å²) in [7, 11) is 0. The van der Waals surface area contributed by atoms with E-state index in [2.05, 4.69) is 0 Å². The average Bonchev–Trinajstić information content (AvgIpc) is 1.85. The lowest BCUT2D eigenvalue weighted by Crippen LogP contribution is -2.56. The molecule has 0 saturated heterocycles. The first-order valence-corrected chi connectivity index (χ1v) is 3.50. The molecule has 0 fully saturated rings. The maximum atomic E-state index is 10.5. The first kappa shape index (κ1) is 10.4. The Morgan fingerprint density at radius 2 is 1.91 bits per heavy atom. The number of hydrogen-bond donors (Lipinski definition) is 3. The molecule has 0 aliphatic rings. The van der Waals surface area contributed by atoms with Gasteiger partial charge < -0.3 is 15.9 Å². The van der Waals surface area contributed by atoms with E-state index in [1.807, 2.05) is 0 Å². The minimum atomic E-state index is -1.55. The summed E-state index contributed by atoms with van der Waals surface area (Å²) in [6.45, 7) is 4.75. The van der Waals surface area contributed by atoms with Crippen molar-refractivity contribution in [3.05, 3.63) is 0 Å². The van der Waals surface area contributed by atoms with Crippen LogP contribution in [0.2, 0.25) is 0 Å². The predicted molar refractivity (Wildman–Crippen MR) is 41.1 cm³/mol. The first-order valence-electron chi connectivity index (χ1n) is 3.50. The van der Waals surface area contributed by atoms with Gasteiger partial charge in [-0.1, -0.05) is 13.8 Å². The summed E-state index contributed by atoms with van der Waals surface area (Å²) >= 11 is 0. The van der Waals surface area contributed by atoms with Crippen molar-refractivity contribution in [2.75, 3.05) is 0 Å². The Kier molecular flexibility index (Phi) is 3.02. The molecule has 0 bridgehead atoms. The maximum absolute atomic E-state index is 10.5. The van der Waals surface area contributed by atoms with Crippen molar-refractivity contribution in [1.82, 2.24) is 0 Å². The van der Waals surface area contributed by atoms with Crippen LogP contribution in [0.3, 0.4) is 0 Å². The Morgan fingerprint density at radius 1 is 1.55 bits per heavy atom. The van der Waals surface area contributed by atoms with Crippen LogP contribution in [-0.4, -0.2) is 27.8 Å². The molecule has 0 amide bonds. The number of hydrogen-bond acceptors (Lipinski definition) is 3. The molecule has 0 heterocycles. The summed E-state index contributed by atoms with van der Waals surface area (Å²) in [5, 5.41) is 17.9. The van der Waals surface area contributed by atoms with Crippen molar-refractivity contribution in [3.63, 3.8) is 0 Å². The van der Waals surface area contributed by atoms with E-state index < -0.39 is 17.6 Å². The maximum Gasteiger partial charge on any atom is 0.326 e. The number of nitrogens with two attached hydrogens (primary N) is 1. The lowest BCUT2D eigenvalue weighted by molar-refractivity contribution is -0.148. The first-order chi connectivity index (χ1) is 4.80. The Hall–Kier alpha value is -0.610. The third-order valence-corrected chi connectivity index (χ3v) is 1.71. The zero-order chi connectivity index (χ0) is 9.23. The lowest BCUT2D eigenvalue weighted by Gasteiger charge is -2.28. The topological polar surface area (TPSA) is 83.5 Å². The van der Waals surface area contributed by atoms with Crippen molar-refractivity contribution in [1.29, 1.82) is 0 Å². The number of carboxylic acids is 1. The molecule has 11 heavy (non-hydrogen) atoms. The molecule has 0 aromatic carbocycles. The van der Waals surface area contributed by atoms with Crippen molar-refractivity contribution in [3.8, 4) is 0 Å². The van der Waals surface area contributed by atoms with Gasteiger partial charge >= 0.3 is 5.97 Å². The molecule has 0 spiro atoms. The molecule has 0 aromatic heterocycles. The fraction of sp³-hybridized carbons (Fsp3) is 0.857. The highest BCUT2D eigenvalue weighted by Crippen LogP contribution is 2.14. The lowest BCUT2D eigenvalue weighted by atomic mass is 9.88. The fourth-order valence-corrected chi connectivity index (χ4v) is 0.819. The number of rotatable bonds is 3. The molecule has 0 aliphatic heterocycles. The van der Waals surface area contributed by atoms with E-state index in [1.54, 1.807) is 13.8 Å². The van der Waals surface area contributed by atoms with Crippen LogP contribution in [0, 0.1) is 5.92 Å². The summed E-state index contributed by atoms with van der Waals surface area (Å²) in [4.78, 5) is 10.5. The van der Waals surface area contributed by atoms with Crippen molar-refractivity contribution in [2.45, 2.75) is 32.4 Å². The molecule has 0 unspecified atom stereocenters. The Balaban J connectivity index is 4.42. The standard InChI is InChI=1S/C7H15NO3/c1-4(2)5(9)7(3,8)6(10)11/h4-5,9H,8H2,1-3H3,(H,10,11)/t5-,7-/m1/s1. The summed E-state index contributed by atoms with van der Waals surface area (Å²) in [6, 6.07) is 0. The van der Waals surface area contributed by atoms with Gasteiger partial charge in [-0.25, -0.2) is 0 Å². The van der Waals surface area contributed by atoms with Gasteiger partial charge in [-0.3, -0.25) is 4.79 Å². The van der Waals surface area contributed by atoms with Crippen LogP contribution in [0.5, 0.6) is 0 Å². The minimum Gasteiger partial charge on any atom is -0.480 e. The second-order valence-corrected chi connectivity index (χ2v) is 3.28. The van der Waals surface area contributed by atoms with Gasteiger partial charge in [-0.2, -0.15) is 0 Å². The molecule has 4 nitrogen and oxygen atoms in total. The molecule has 4 heteroatoms. The SMILES string of the molecule is CC(C)[C@@H](O)[C@@](C)(N)C(=O)O. The number of aliphatic hydroxyl groups is 1. The molecule has 0 radical (unpaired) electrons. The molecule has 0 saturated carbocycles. The van der Waals surface area contributed by atoms with Gasteiger partial charge in [-0.05, 0) is 12.8 Å². The van der Waals surface area contributed by atoms with Crippen LogP contribution in [0.25, 0.3) is 0 Å². The number of aliphatic carboxylic acids is 1. The van der Waals surface area contributed by atoms with Crippen LogP contribution < -0.4 is 5.73 Å². The smallest absolute Gasteiger partial charge is 0.326 e. The zero-order valence-corrected chi connectivity index (χ0v) is 7.03. The van der Waals surface area contributed by atoms with E-state index in [4.69, 9.17) is 10.8 Å². The van der Waals surface area contributed by atoms with E-state index in [9.17, 15) is 9.90 Å². The highest BCUT2D eigenvalue weighted by atomic mass is 16.4. The number of aliphatic hydroxyl groups excluding tert-OH is 1. The molecule has 4 N–H and O–H groups in total. The second-order valence-electron chi connectivity index (χ2n) is 3.28. The predicted octanol–water partition coefficient (Wildman–Crippen LogP) is -0.195. The largest absolute Gasteiger partial charge is 0.480 e. The zero-order valence-electron chi connectivity index (χ0n) is 7.03. The third-order valence-electron chi connectivity index (χ3n) is 1.71. The molecular weight excluding hydrogens is 146 g/mol. The van der Waals surface area contributed by atoms with Gasteiger partial charge in [0.15, 0.2) is 0 Å². The summed E-state index contributed by atoms with van der Waals surface area (Å²) < 4.78 is 0. The van der Waals surface area contributed by atoms with Gasteiger partial charge in [0.05, 0.1) is 6.10 Å². The van der Waals surface area contributed by atoms with Gasteiger partial charge in [0, 0.05) is 0 Å². The van der Waals surface area contributed by atoms with E-state index in [0.29, 0.717) is 0 Å². The van der Waals surface area contributed by atoms with Crippen LogP contribution >= 0.6 is 0 Å². The van der Waals surface area contributed by atoms with Crippen LogP contribution in [0.15, 0.2) is 0 Å². The van der Waals surface area contributed by atoms with Crippen molar-refractivity contribution < 1.29 is 15.0 Å². The molecular formula is C7H15NO3. The van der Waals surface area contributed by atoms with Gasteiger partial charge in [0.25, 0.3) is 0 Å². The average molecular weight is 161 g/mol. The van der Waals surface area contributed by atoms with Crippen molar-refractivity contribution in [2.24, 2.45) is 11.7 Å². The molecule has 0 aromatic rings. The van der Waals surface area contributed by atoms with Gasteiger partial charge in [0.2, 0.25) is 0 Å². The van der Waals surface area contributed by atoms with Gasteiger partial charge in [0.1, 0.15) is 5.54 Å². The highest BCUT2D eigenvalue weighted by molar-refractivity contribution is 5.78. The fourth-order valence-electron chi connectivity index (χ4n) is 0.819. The molecule has 2 atom stereocenters. The monoisotopic (exact) mass is 161 g/mol. The highest BCUT2D eigenvalue weighted by Gasteiger charge is 2.38. The molecule has 0 aliphatic carbocycles. The van der Waals surface area contributed by atoms with Crippen LogP contribution in [-0.2, 0) is 4.79 Å². The molecule has 66 valence electrons. The van der Waals surface area contributed by atoms with Gasteiger partial charge in [-0.15, -0.1) is 0 Å². The third kappa shape index (κ3) is 2.17. The van der Waals surface area contributed by atoms with Crippen molar-refractivity contribution >= 4 is 5.97 Å². The van der Waals surface area contributed by atoms with Crippen LogP contribution in [0.4, 0.5) is 0 Å². The quantitative estimate of drug-likeness (QED) is 0.535. The number of carbonyl (C=O) groups is 1. The second kappa shape index (κ2) is 3.19. The number of carboxylic acid groups (broad SMARTS) is 1. The van der Waals surface area contributed by atoms with E-state index in [-0.39, 0.29) is 5.92 Å². The van der Waals surface area contributed by atoms with Crippen LogP contribution in [0.1, 0.15) is 20.8 Å². The Bertz CT molecular complexity index is 154. The molecule has 0 rings (SSSR count). The summed E-state index contributed by atoms with van der Waals surface area (Å²) in [5.41, 5.74) is 3.81. The van der Waals surface area contributed by atoms with E-state index >= 15 is 0 Å². The van der Waals surface area contributed by atoms with E-state index in [0.717, 1.165) is 0 Å². The Morgan fingerprint density at radius 3 is 2.00 bits per heavy atom. The Labute approximate surface area is 66.0 Å². The normalized spacial score (nSPS) is 19.5. The minimum absolute atomic E-state index is 0.152. The summed E-state index contributed by atoms with van der Waals surface area (Å²) in [5.74, 6) is -1.33. The van der Waals surface area contributed by atoms with E-state index in [1.165, 1.54) is 6.92 Å².